The zero-order chi connectivity index (χ0) is 19.3. The summed E-state index contributed by atoms with van der Waals surface area (Å²) in [6, 6.07) is 7.62. The van der Waals surface area contributed by atoms with Crippen LogP contribution in [0.5, 0.6) is 0 Å². The minimum Gasteiger partial charge on any atom is -0.380 e. The highest BCUT2D eigenvalue weighted by Gasteiger charge is 2.49. The maximum absolute atomic E-state index is 8.35. The third kappa shape index (κ3) is 2.72. The lowest BCUT2D eigenvalue weighted by molar-refractivity contribution is -0.180. The predicted octanol–water partition coefficient (Wildman–Crippen LogP) is 1.05. The second kappa shape index (κ2) is 6.43. The third-order valence-corrected chi connectivity index (χ3v) is 5.82. The summed E-state index contributed by atoms with van der Waals surface area (Å²) in [5.41, 5.74) is 2.74. The summed E-state index contributed by atoms with van der Waals surface area (Å²) in [7, 11) is 0. The van der Waals surface area contributed by atoms with Gasteiger partial charge in [-0.25, -0.2) is 9.97 Å². The van der Waals surface area contributed by atoms with Crippen molar-refractivity contribution in [3.63, 3.8) is 0 Å². The van der Waals surface area contributed by atoms with Crippen molar-refractivity contribution in [3.05, 3.63) is 56.9 Å². The van der Waals surface area contributed by atoms with Gasteiger partial charge in [0.15, 0.2) is 5.49 Å². The molecule has 2 aromatic rings. The molecule has 1 aromatic heterocycles. The molecule has 0 atom stereocenters. The Bertz CT molecular complexity index is 1180. The van der Waals surface area contributed by atoms with Crippen LogP contribution >= 0.6 is 11.6 Å². The number of hydrogen-bond acceptors (Lipinski definition) is 6. The number of hydrogen-bond donors (Lipinski definition) is 2. The van der Waals surface area contributed by atoms with Crippen molar-refractivity contribution in [1.82, 2.24) is 20.2 Å². The van der Waals surface area contributed by atoms with Crippen LogP contribution in [0.3, 0.4) is 0 Å². The Morgan fingerprint density at radius 3 is 2.71 bits per heavy atom. The molecule has 28 heavy (non-hydrogen) atoms. The summed E-state index contributed by atoms with van der Waals surface area (Å²) in [4.78, 5) is 11.6. The van der Waals surface area contributed by atoms with Gasteiger partial charge < -0.3 is 15.0 Å². The summed E-state index contributed by atoms with van der Waals surface area (Å²) < 4.78 is 5.37. The van der Waals surface area contributed by atoms with Crippen molar-refractivity contribution in [2.45, 2.75) is 6.92 Å². The van der Waals surface area contributed by atoms with Crippen molar-refractivity contribution >= 4 is 30.0 Å². The van der Waals surface area contributed by atoms with Crippen molar-refractivity contribution in [2.75, 3.05) is 26.3 Å². The van der Waals surface area contributed by atoms with Crippen LogP contribution in [-0.2, 0) is 4.74 Å². The number of nitrogens with zero attached hydrogens (tertiary/aromatic N) is 3. The van der Waals surface area contributed by atoms with E-state index in [1.54, 1.807) is 6.08 Å². The number of halogens is 1. The topological polar surface area (TPSA) is 74.1 Å². The Kier molecular flexibility index (Phi) is 4.00. The van der Waals surface area contributed by atoms with Gasteiger partial charge in [0, 0.05) is 41.2 Å². The molecule has 0 amide bonds. The molecular weight excluding hydrogens is 374 g/mol. The molecule has 7 heteroatoms. The Labute approximate surface area is 167 Å². The summed E-state index contributed by atoms with van der Waals surface area (Å²) in [5, 5.41) is 13.7. The van der Waals surface area contributed by atoms with Crippen molar-refractivity contribution in [1.29, 1.82) is 5.41 Å². The van der Waals surface area contributed by atoms with E-state index in [4.69, 9.17) is 26.7 Å². The van der Waals surface area contributed by atoms with Gasteiger partial charge in [-0.3, -0.25) is 5.41 Å². The molecule has 3 aliphatic heterocycles. The molecule has 142 valence electrons. The molecule has 0 unspecified atom stereocenters. The first-order valence-corrected chi connectivity index (χ1v) is 9.66. The summed E-state index contributed by atoms with van der Waals surface area (Å²) >= 11 is 6.46. The standard InChI is InChI=1S/C21H20ClN5O/c1-2-16-20(23)26-17-7-18(27-9-21(10-27)11-28-12-21)24-8-14(17)19(25-16)13-5-3-4-6-15(13)22/h2-8,23-24H,9-12H2,1H3/b16-2-,23-20?. The maximum Gasteiger partial charge on any atom is 0.170 e. The first-order valence-electron chi connectivity index (χ1n) is 9.28. The second-order valence-corrected chi connectivity index (χ2v) is 7.95. The number of likely N-dealkylation sites (tertiary alicyclic amines) is 1. The van der Waals surface area contributed by atoms with E-state index >= 15 is 0 Å². The van der Waals surface area contributed by atoms with Crippen LogP contribution in [0.2, 0.25) is 5.02 Å². The third-order valence-electron chi connectivity index (χ3n) is 5.49. The molecule has 1 spiro atoms. The van der Waals surface area contributed by atoms with E-state index in [2.05, 4.69) is 15.2 Å². The molecule has 0 radical (unpaired) electrons. The summed E-state index contributed by atoms with van der Waals surface area (Å²) in [6.45, 7) is 5.51. The molecule has 0 saturated carbocycles. The van der Waals surface area contributed by atoms with Crippen LogP contribution in [0.4, 0.5) is 0 Å². The number of benzene rings is 1. The number of rotatable bonds is 2. The quantitative estimate of drug-likeness (QED) is 0.797. The van der Waals surface area contributed by atoms with Crippen LogP contribution in [0.25, 0.3) is 29.6 Å². The Morgan fingerprint density at radius 1 is 1.25 bits per heavy atom. The van der Waals surface area contributed by atoms with Crippen LogP contribution in [-0.4, -0.2) is 41.2 Å². The fourth-order valence-electron chi connectivity index (χ4n) is 3.91. The predicted molar refractivity (Wildman–Crippen MR) is 108 cm³/mol. The first-order chi connectivity index (χ1) is 13.6. The average Bonchev–Trinajstić information content (AvgIpc) is 2.75. The van der Waals surface area contributed by atoms with E-state index in [0.717, 1.165) is 54.3 Å². The van der Waals surface area contributed by atoms with Crippen LogP contribution < -0.4 is 21.4 Å². The second-order valence-electron chi connectivity index (χ2n) is 7.54. The largest absolute Gasteiger partial charge is 0.380 e. The highest BCUT2D eigenvalue weighted by molar-refractivity contribution is 6.33. The summed E-state index contributed by atoms with van der Waals surface area (Å²) in [6.07, 6.45) is 5.72. The van der Waals surface area contributed by atoms with E-state index in [1.165, 1.54) is 0 Å². The van der Waals surface area contributed by atoms with Gasteiger partial charge in [-0.15, -0.1) is 0 Å². The van der Waals surface area contributed by atoms with Gasteiger partial charge in [-0.2, -0.15) is 0 Å². The smallest absolute Gasteiger partial charge is 0.170 e. The monoisotopic (exact) mass is 393 g/mol. The molecule has 3 aliphatic rings. The summed E-state index contributed by atoms with van der Waals surface area (Å²) in [5.74, 6) is 0.996. The number of aromatic nitrogens is 2. The molecule has 6 nitrogen and oxygen atoms in total. The fourth-order valence-corrected chi connectivity index (χ4v) is 4.14. The SMILES string of the molecule is C/C=c1\nc(-c2ccccc2Cl)c2c(nc1=N)C=C(N1CC3(COC3)C1)NC=2. The minimum absolute atomic E-state index is 0.149. The van der Waals surface area contributed by atoms with E-state index in [1.807, 2.05) is 43.5 Å². The van der Waals surface area contributed by atoms with Gasteiger partial charge in [0.2, 0.25) is 0 Å². The van der Waals surface area contributed by atoms with Crippen molar-refractivity contribution in [2.24, 2.45) is 5.41 Å². The van der Waals surface area contributed by atoms with Gasteiger partial charge in [0.05, 0.1) is 30.0 Å². The van der Waals surface area contributed by atoms with Gasteiger partial charge >= 0.3 is 0 Å². The van der Waals surface area contributed by atoms with E-state index in [9.17, 15) is 0 Å². The maximum atomic E-state index is 8.35. The van der Waals surface area contributed by atoms with Crippen LogP contribution in [0.1, 0.15) is 12.6 Å². The van der Waals surface area contributed by atoms with Crippen molar-refractivity contribution < 1.29 is 4.74 Å². The lowest BCUT2D eigenvalue weighted by atomic mass is 9.78. The Balaban J connectivity index is 1.66. The Hall–Kier alpha value is -2.70. The van der Waals surface area contributed by atoms with E-state index < -0.39 is 0 Å². The molecule has 0 aliphatic carbocycles. The van der Waals surface area contributed by atoms with E-state index in [-0.39, 0.29) is 5.49 Å². The fraction of sp³-hybridized carbons (Fsp3) is 0.286. The molecule has 2 fully saturated rings. The molecule has 5 rings (SSSR count). The molecule has 0 bridgehead atoms. The minimum atomic E-state index is 0.149. The highest BCUT2D eigenvalue weighted by atomic mass is 35.5. The molecule has 4 heterocycles. The molecule has 1 aromatic carbocycles. The number of ether oxygens (including phenoxy) is 1. The van der Waals surface area contributed by atoms with Gasteiger partial charge in [0.1, 0.15) is 11.2 Å². The molecule has 2 saturated heterocycles. The molecule has 2 N–H and O–H groups in total. The average molecular weight is 394 g/mol. The normalized spacial score (nSPS) is 19.7. The Morgan fingerprint density at radius 2 is 2.04 bits per heavy atom. The van der Waals surface area contributed by atoms with Crippen molar-refractivity contribution in [3.8, 4) is 11.3 Å². The molecular formula is C21H20ClN5O. The van der Waals surface area contributed by atoms with Gasteiger partial charge in [-0.05, 0) is 13.0 Å². The lowest BCUT2D eigenvalue weighted by Crippen LogP contribution is -2.66. The van der Waals surface area contributed by atoms with E-state index in [0.29, 0.717) is 15.8 Å². The first kappa shape index (κ1) is 17.4. The number of nitrogens with one attached hydrogen (secondary N) is 2. The van der Waals surface area contributed by atoms with Crippen LogP contribution in [0, 0.1) is 10.8 Å². The zero-order valence-corrected chi connectivity index (χ0v) is 16.3. The highest BCUT2D eigenvalue weighted by Crippen LogP contribution is 2.39. The zero-order valence-electron chi connectivity index (χ0n) is 15.5. The van der Waals surface area contributed by atoms with Crippen LogP contribution in [0.15, 0.2) is 30.1 Å². The lowest BCUT2D eigenvalue weighted by Gasteiger charge is -2.56. The van der Waals surface area contributed by atoms with Gasteiger partial charge in [0.25, 0.3) is 0 Å². The number of fused-ring (bicyclic) bond motifs is 1. The van der Waals surface area contributed by atoms with Gasteiger partial charge in [-0.1, -0.05) is 35.9 Å².